The van der Waals surface area contributed by atoms with Crippen molar-refractivity contribution in [2.45, 2.75) is 21.7 Å². The van der Waals surface area contributed by atoms with E-state index in [1.165, 1.54) is 30.0 Å². The van der Waals surface area contributed by atoms with Crippen LogP contribution in [0.2, 0.25) is 0 Å². The molecule has 2 nitrogen and oxygen atoms in total. The third kappa shape index (κ3) is 4.27. The number of benzene rings is 2. The number of hydrogen-bond donors (Lipinski definition) is 0. The summed E-state index contributed by atoms with van der Waals surface area (Å²) in [7, 11) is -3.33. The van der Waals surface area contributed by atoms with Crippen LogP contribution in [0.5, 0.6) is 0 Å². The van der Waals surface area contributed by atoms with Crippen molar-refractivity contribution >= 4 is 21.6 Å². The maximum Gasteiger partial charge on any atom is 0.416 e. The predicted molar refractivity (Wildman–Crippen MR) is 80.6 cm³/mol. The van der Waals surface area contributed by atoms with Gasteiger partial charge >= 0.3 is 6.18 Å². The molecule has 2 rings (SSSR count). The van der Waals surface area contributed by atoms with Crippen LogP contribution in [0.3, 0.4) is 0 Å². The summed E-state index contributed by atoms with van der Waals surface area (Å²) < 4.78 is 60.8. The highest BCUT2D eigenvalue weighted by Crippen LogP contribution is 2.32. The van der Waals surface area contributed by atoms with Crippen LogP contribution in [0.15, 0.2) is 58.3 Å². The van der Waals surface area contributed by atoms with Gasteiger partial charge in [0.2, 0.25) is 0 Å². The van der Waals surface area contributed by atoms with Gasteiger partial charge < -0.3 is 0 Å². The van der Waals surface area contributed by atoms with Gasteiger partial charge in [-0.2, -0.15) is 13.2 Å². The van der Waals surface area contributed by atoms with Crippen LogP contribution in [-0.4, -0.2) is 14.7 Å². The monoisotopic (exact) mass is 346 g/mol. The Balaban J connectivity index is 2.15. The summed E-state index contributed by atoms with van der Waals surface area (Å²) in [6.07, 6.45) is -3.22. The maximum absolute atomic E-state index is 12.5. The van der Waals surface area contributed by atoms with Gasteiger partial charge in [0.15, 0.2) is 9.84 Å². The fraction of sp³-hybridized carbons (Fsp3) is 0.200. The number of hydrogen-bond acceptors (Lipinski definition) is 3. The molecular formula is C15H13F3O2S2. The van der Waals surface area contributed by atoms with Crippen LogP contribution in [0.4, 0.5) is 13.2 Å². The van der Waals surface area contributed by atoms with E-state index < -0.39 is 21.6 Å². The van der Waals surface area contributed by atoms with Crippen LogP contribution in [0, 0.1) is 0 Å². The molecule has 0 N–H and O–H groups in total. The molecule has 0 saturated carbocycles. The molecule has 0 heterocycles. The van der Waals surface area contributed by atoms with Gasteiger partial charge in [0.1, 0.15) is 0 Å². The second-order valence-corrected chi connectivity index (χ2v) is 7.70. The molecule has 0 unspecified atom stereocenters. The van der Waals surface area contributed by atoms with E-state index in [-0.39, 0.29) is 4.90 Å². The molecule has 0 amide bonds. The van der Waals surface area contributed by atoms with Crippen molar-refractivity contribution in [1.82, 2.24) is 0 Å². The van der Waals surface area contributed by atoms with Crippen molar-refractivity contribution in [3.05, 3.63) is 59.7 Å². The van der Waals surface area contributed by atoms with Gasteiger partial charge in [-0.05, 0) is 29.8 Å². The zero-order chi connectivity index (χ0) is 16.4. The average molecular weight is 346 g/mol. The third-order valence-electron chi connectivity index (χ3n) is 2.92. The summed E-state index contributed by atoms with van der Waals surface area (Å²) in [4.78, 5) is 0.816. The molecule has 0 aromatic heterocycles. The summed E-state index contributed by atoms with van der Waals surface area (Å²) in [5.41, 5.74) is -0.000842. The lowest BCUT2D eigenvalue weighted by atomic mass is 10.1. The van der Waals surface area contributed by atoms with E-state index in [2.05, 4.69) is 0 Å². The summed E-state index contributed by atoms with van der Waals surface area (Å²) in [5, 5.41) is 0. The number of alkyl halides is 3. The van der Waals surface area contributed by atoms with Crippen molar-refractivity contribution in [3.63, 3.8) is 0 Å². The molecule has 0 spiro atoms. The minimum atomic E-state index is -4.35. The van der Waals surface area contributed by atoms with Crippen molar-refractivity contribution < 1.29 is 21.6 Å². The Morgan fingerprint density at radius 3 is 2.14 bits per heavy atom. The molecule has 22 heavy (non-hydrogen) atoms. The lowest BCUT2D eigenvalue weighted by Crippen LogP contribution is -2.04. The molecular weight excluding hydrogens is 333 g/mol. The van der Waals surface area contributed by atoms with Crippen molar-refractivity contribution in [2.24, 2.45) is 0 Å². The summed E-state index contributed by atoms with van der Waals surface area (Å²) >= 11 is 1.28. The van der Waals surface area contributed by atoms with E-state index in [1.807, 2.05) is 0 Å². The fourth-order valence-corrected chi connectivity index (χ4v) is 4.12. The molecule has 0 aliphatic carbocycles. The standard InChI is InChI=1S/C15H13F3O2S2/c1-22(19,20)14-5-3-2-4-13(14)21-10-11-6-8-12(9-7-11)15(16,17)18/h2-9H,10H2,1H3. The second kappa shape index (κ2) is 6.34. The second-order valence-electron chi connectivity index (χ2n) is 4.70. The molecule has 0 aliphatic heterocycles. The highest BCUT2D eigenvalue weighted by Gasteiger charge is 2.29. The smallest absolute Gasteiger partial charge is 0.224 e. The lowest BCUT2D eigenvalue weighted by molar-refractivity contribution is -0.137. The Labute approximate surface area is 131 Å². The largest absolute Gasteiger partial charge is 0.416 e. The minimum absolute atomic E-state index is 0.229. The van der Waals surface area contributed by atoms with Gasteiger partial charge in [0.05, 0.1) is 10.5 Å². The molecule has 118 valence electrons. The molecule has 0 atom stereocenters. The molecule has 0 fully saturated rings. The van der Waals surface area contributed by atoms with Crippen LogP contribution in [-0.2, 0) is 21.8 Å². The van der Waals surface area contributed by atoms with E-state index in [1.54, 1.807) is 18.2 Å². The molecule has 0 aliphatic rings. The maximum atomic E-state index is 12.5. The van der Waals surface area contributed by atoms with Gasteiger partial charge in [0.25, 0.3) is 0 Å². The Hall–Kier alpha value is -1.47. The fourth-order valence-electron chi connectivity index (χ4n) is 1.83. The molecule has 0 saturated heterocycles. The van der Waals surface area contributed by atoms with E-state index in [0.717, 1.165) is 18.4 Å². The molecule has 2 aromatic carbocycles. The Bertz CT molecular complexity index is 751. The Morgan fingerprint density at radius 1 is 1.00 bits per heavy atom. The van der Waals surface area contributed by atoms with Crippen molar-refractivity contribution in [2.75, 3.05) is 6.26 Å². The van der Waals surface area contributed by atoms with Gasteiger partial charge in [-0.25, -0.2) is 8.42 Å². The third-order valence-corrected chi connectivity index (χ3v) is 5.35. The lowest BCUT2D eigenvalue weighted by Gasteiger charge is -2.09. The first kappa shape index (κ1) is 16.9. The van der Waals surface area contributed by atoms with Crippen LogP contribution in [0.1, 0.15) is 11.1 Å². The quantitative estimate of drug-likeness (QED) is 0.770. The zero-order valence-electron chi connectivity index (χ0n) is 11.6. The number of thioether (sulfide) groups is 1. The first-order valence-electron chi connectivity index (χ1n) is 6.26. The normalized spacial score (nSPS) is 12.4. The van der Waals surface area contributed by atoms with Gasteiger partial charge in [-0.15, -0.1) is 11.8 Å². The summed E-state index contributed by atoms with van der Waals surface area (Å²) in [5.74, 6) is 0.394. The molecule has 0 radical (unpaired) electrons. The van der Waals surface area contributed by atoms with Gasteiger partial charge in [0, 0.05) is 16.9 Å². The van der Waals surface area contributed by atoms with E-state index in [4.69, 9.17) is 0 Å². The van der Waals surface area contributed by atoms with E-state index in [0.29, 0.717) is 16.2 Å². The van der Waals surface area contributed by atoms with E-state index in [9.17, 15) is 21.6 Å². The molecule has 7 heteroatoms. The van der Waals surface area contributed by atoms with Gasteiger partial charge in [-0.1, -0.05) is 24.3 Å². The summed E-state index contributed by atoms with van der Waals surface area (Å²) in [6.45, 7) is 0. The average Bonchev–Trinajstić information content (AvgIpc) is 2.44. The van der Waals surface area contributed by atoms with Crippen molar-refractivity contribution in [1.29, 1.82) is 0 Å². The Morgan fingerprint density at radius 2 is 1.59 bits per heavy atom. The van der Waals surface area contributed by atoms with E-state index >= 15 is 0 Å². The highest BCUT2D eigenvalue weighted by molar-refractivity contribution is 7.99. The van der Waals surface area contributed by atoms with Crippen molar-refractivity contribution in [3.8, 4) is 0 Å². The van der Waals surface area contributed by atoms with Crippen LogP contribution < -0.4 is 0 Å². The molecule has 0 bridgehead atoms. The first-order valence-corrected chi connectivity index (χ1v) is 9.13. The predicted octanol–water partition coefficient (Wildman–Crippen LogP) is 4.40. The Kier molecular flexibility index (Phi) is 4.87. The highest BCUT2D eigenvalue weighted by atomic mass is 32.2. The first-order chi connectivity index (χ1) is 10.2. The summed E-state index contributed by atoms with van der Waals surface area (Å²) in [6, 6.07) is 11.4. The SMILES string of the molecule is CS(=O)(=O)c1ccccc1SCc1ccc(C(F)(F)F)cc1. The minimum Gasteiger partial charge on any atom is -0.224 e. The zero-order valence-corrected chi connectivity index (χ0v) is 13.2. The topological polar surface area (TPSA) is 34.1 Å². The number of sulfone groups is 1. The van der Waals surface area contributed by atoms with Crippen LogP contribution >= 0.6 is 11.8 Å². The van der Waals surface area contributed by atoms with Gasteiger partial charge in [-0.3, -0.25) is 0 Å². The number of rotatable bonds is 4. The number of halogens is 3. The molecule has 2 aromatic rings. The van der Waals surface area contributed by atoms with Crippen LogP contribution in [0.25, 0.3) is 0 Å².